The van der Waals surface area contributed by atoms with Gasteiger partial charge in [-0.3, -0.25) is 14.2 Å². The summed E-state index contributed by atoms with van der Waals surface area (Å²) in [7, 11) is 1.62. The van der Waals surface area contributed by atoms with Crippen molar-refractivity contribution in [1.82, 2.24) is 14.5 Å². The average Bonchev–Trinajstić information content (AvgIpc) is 2.73. The van der Waals surface area contributed by atoms with E-state index in [2.05, 4.69) is 20.8 Å². The number of methoxy groups -OCH3 is 1. The second kappa shape index (κ2) is 11.8. The molecule has 0 saturated heterocycles. The monoisotopic (exact) mass is 415 g/mol. The number of para-hydroxylation sites is 1. The van der Waals surface area contributed by atoms with Gasteiger partial charge >= 0.3 is 0 Å². The number of aromatic nitrogens is 2. The van der Waals surface area contributed by atoms with E-state index in [0.29, 0.717) is 48.8 Å². The summed E-state index contributed by atoms with van der Waals surface area (Å²) in [4.78, 5) is 33.0. The van der Waals surface area contributed by atoms with Crippen LogP contribution in [0.15, 0.2) is 29.1 Å². The molecule has 0 fully saturated rings. The first-order chi connectivity index (χ1) is 14.4. The number of hydrogen-bond acceptors (Lipinski definition) is 4. The van der Waals surface area contributed by atoms with Crippen molar-refractivity contribution < 1.29 is 9.53 Å². The number of hydrogen-bond donors (Lipinski definition) is 0. The largest absolute Gasteiger partial charge is 0.383 e. The number of unbranched alkanes of at least 4 members (excludes halogenated alkanes) is 2. The lowest BCUT2D eigenvalue weighted by Crippen LogP contribution is -2.39. The Morgan fingerprint density at radius 3 is 2.60 bits per heavy atom. The van der Waals surface area contributed by atoms with E-state index < -0.39 is 0 Å². The van der Waals surface area contributed by atoms with E-state index in [1.807, 2.05) is 30.0 Å². The standard InChI is InChI=1S/C24H37N3O3/c1-6-7-8-13-22(28)26(15-14-18(2)3)19(4)23-25-21-12-10-9-11-20(21)24(29)27(23)16-17-30-5/h9-12,18-19H,6-8,13-17H2,1-5H3. The molecule has 1 unspecified atom stereocenters. The van der Waals surface area contributed by atoms with E-state index in [1.54, 1.807) is 17.7 Å². The Morgan fingerprint density at radius 2 is 1.93 bits per heavy atom. The van der Waals surface area contributed by atoms with Crippen molar-refractivity contribution in [3.63, 3.8) is 0 Å². The van der Waals surface area contributed by atoms with E-state index in [1.165, 1.54) is 0 Å². The van der Waals surface area contributed by atoms with Gasteiger partial charge in [-0.2, -0.15) is 0 Å². The van der Waals surface area contributed by atoms with Crippen LogP contribution in [0.4, 0.5) is 0 Å². The van der Waals surface area contributed by atoms with Crippen molar-refractivity contribution >= 4 is 16.8 Å². The topological polar surface area (TPSA) is 64.4 Å². The highest BCUT2D eigenvalue weighted by Gasteiger charge is 2.26. The van der Waals surface area contributed by atoms with Crippen LogP contribution < -0.4 is 5.56 Å². The highest BCUT2D eigenvalue weighted by Crippen LogP contribution is 2.23. The van der Waals surface area contributed by atoms with Gasteiger partial charge in [-0.15, -0.1) is 0 Å². The third kappa shape index (κ3) is 6.14. The molecule has 166 valence electrons. The number of ether oxygens (including phenoxy) is 1. The Kier molecular flexibility index (Phi) is 9.50. The van der Waals surface area contributed by atoms with Crippen molar-refractivity contribution in [3.8, 4) is 0 Å². The summed E-state index contributed by atoms with van der Waals surface area (Å²) in [6, 6.07) is 7.10. The molecule has 1 amide bonds. The zero-order valence-electron chi connectivity index (χ0n) is 19.2. The lowest BCUT2D eigenvalue weighted by molar-refractivity contribution is -0.134. The fourth-order valence-electron chi connectivity index (χ4n) is 3.64. The Morgan fingerprint density at radius 1 is 1.20 bits per heavy atom. The van der Waals surface area contributed by atoms with Crippen LogP contribution in [0.5, 0.6) is 0 Å². The molecule has 0 aliphatic rings. The van der Waals surface area contributed by atoms with Crippen LogP contribution >= 0.6 is 0 Å². The van der Waals surface area contributed by atoms with Crippen LogP contribution in [0, 0.1) is 5.92 Å². The van der Waals surface area contributed by atoms with Crippen LogP contribution in [0.3, 0.4) is 0 Å². The second-order valence-electron chi connectivity index (χ2n) is 8.34. The summed E-state index contributed by atoms with van der Waals surface area (Å²) in [5.41, 5.74) is 0.585. The number of nitrogens with zero attached hydrogens (tertiary/aromatic N) is 3. The van der Waals surface area contributed by atoms with E-state index in [9.17, 15) is 9.59 Å². The van der Waals surface area contributed by atoms with Crippen LogP contribution in [0.2, 0.25) is 0 Å². The number of benzene rings is 1. The molecule has 1 aromatic carbocycles. The highest BCUT2D eigenvalue weighted by atomic mass is 16.5. The van der Waals surface area contributed by atoms with Gasteiger partial charge in [0.05, 0.1) is 30.1 Å². The molecular formula is C24H37N3O3. The molecule has 0 aliphatic carbocycles. The summed E-state index contributed by atoms with van der Waals surface area (Å²) < 4.78 is 6.91. The number of rotatable bonds is 12. The fraction of sp³-hybridized carbons (Fsp3) is 0.625. The van der Waals surface area contributed by atoms with Crippen molar-refractivity contribution in [1.29, 1.82) is 0 Å². The summed E-state index contributed by atoms with van der Waals surface area (Å²) in [6.07, 6.45) is 4.47. The quantitative estimate of drug-likeness (QED) is 0.477. The van der Waals surface area contributed by atoms with Crippen LogP contribution in [-0.2, 0) is 16.1 Å². The summed E-state index contributed by atoms with van der Waals surface area (Å²) in [6.45, 7) is 9.93. The minimum Gasteiger partial charge on any atom is -0.383 e. The molecule has 2 aromatic rings. The lowest BCUT2D eigenvalue weighted by atomic mass is 10.1. The van der Waals surface area contributed by atoms with Gasteiger partial charge in [-0.25, -0.2) is 4.98 Å². The van der Waals surface area contributed by atoms with Gasteiger partial charge in [-0.1, -0.05) is 45.7 Å². The Hall–Kier alpha value is -2.21. The van der Waals surface area contributed by atoms with Gasteiger partial charge in [-0.05, 0) is 37.8 Å². The third-order valence-corrected chi connectivity index (χ3v) is 5.51. The SMILES string of the molecule is CCCCCC(=O)N(CCC(C)C)C(C)c1nc2ccccc2c(=O)n1CCOC. The average molecular weight is 416 g/mol. The summed E-state index contributed by atoms with van der Waals surface area (Å²) >= 11 is 0. The van der Waals surface area contributed by atoms with Crippen molar-refractivity contribution in [2.45, 2.75) is 72.4 Å². The van der Waals surface area contributed by atoms with Gasteiger partial charge in [0.1, 0.15) is 5.82 Å². The normalized spacial score (nSPS) is 12.5. The van der Waals surface area contributed by atoms with Gasteiger partial charge in [0.15, 0.2) is 0 Å². The molecule has 6 nitrogen and oxygen atoms in total. The zero-order chi connectivity index (χ0) is 22.1. The molecular weight excluding hydrogens is 378 g/mol. The molecule has 0 saturated carbocycles. The van der Waals surface area contributed by atoms with Gasteiger partial charge in [0.25, 0.3) is 5.56 Å². The van der Waals surface area contributed by atoms with Crippen molar-refractivity contribution in [2.75, 3.05) is 20.3 Å². The van der Waals surface area contributed by atoms with Gasteiger partial charge < -0.3 is 9.64 Å². The number of fused-ring (bicyclic) bond motifs is 1. The first-order valence-corrected chi connectivity index (χ1v) is 11.2. The number of amides is 1. The van der Waals surface area contributed by atoms with E-state index in [0.717, 1.165) is 25.7 Å². The maximum atomic E-state index is 13.2. The zero-order valence-corrected chi connectivity index (χ0v) is 19.2. The van der Waals surface area contributed by atoms with E-state index in [-0.39, 0.29) is 17.5 Å². The molecule has 0 N–H and O–H groups in total. The van der Waals surface area contributed by atoms with Crippen LogP contribution in [0.1, 0.15) is 71.7 Å². The molecule has 0 bridgehead atoms. The predicted octanol–water partition coefficient (Wildman–Crippen LogP) is 4.56. The molecule has 30 heavy (non-hydrogen) atoms. The molecule has 1 atom stereocenters. The second-order valence-corrected chi connectivity index (χ2v) is 8.34. The predicted molar refractivity (Wildman–Crippen MR) is 122 cm³/mol. The molecule has 6 heteroatoms. The van der Waals surface area contributed by atoms with Gasteiger partial charge in [0.2, 0.25) is 5.91 Å². The van der Waals surface area contributed by atoms with Crippen molar-refractivity contribution in [2.24, 2.45) is 5.92 Å². The fourth-order valence-corrected chi connectivity index (χ4v) is 3.64. The first-order valence-electron chi connectivity index (χ1n) is 11.2. The lowest BCUT2D eigenvalue weighted by Gasteiger charge is -2.31. The Labute approximate surface area is 180 Å². The van der Waals surface area contributed by atoms with Gasteiger partial charge in [0, 0.05) is 20.1 Å². The molecule has 0 aliphatic heterocycles. The smallest absolute Gasteiger partial charge is 0.261 e. The van der Waals surface area contributed by atoms with E-state index in [4.69, 9.17) is 9.72 Å². The Balaban J connectivity index is 2.46. The minimum atomic E-state index is -0.285. The maximum Gasteiger partial charge on any atom is 0.261 e. The Bertz CT molecular complexity index is 876. The number of carbonyl (C=O) groups is 1. The first kappa shape index (κ1) is 24.1. The highest BCUT2D eigenvalue weighted by molar-refractivity contribution is 5.78. The van der Waals surface area contributed by atoms with Crippen molar-refractivity contribution in [3.05, 3.63) is 40.4 Å². The molecule has 0 radical (unpaired) electrons. The summed E-state index contributed by atoms with van der Waals surface area (Å²) in [5, 5.41) is 0.590. The minimum absolute atomic E-state index is 0.0817. The molecule has 0 spiro atoms. The van der Waals surface area contributed by atoms with E-state index >= 15 is 0 Å². The number of carbonyl (C=O) groups excluding carboxylic acids is 1. The van der Waals surface area contributed by atoms with Crippen LogP contribution in [-0.4, -0.2) is 40.6 Å². The molecule has 1 heterocycles. The summed E-state index contributed by atoms with van der Waals surface area (Å²) in [5.74, 6) is 1.25. The molecule has 2 rings (SSSR count). The third-order valence-electron chi connectivity index (χ3n) is 5.51. The molecule has 1 aromatic heterocycles. The van der Waals surface area contributed by atoms with Crippen LogP contribution in [0.25, 0.3) is 10.9 Å². The maximum absolute atomic E-state index is 13.2.